The van der Waals surface area contributed by atoms with Crippen LogP contribution >= 0.6 is 0 Å². The van der Waals surface area contributed by atoms with Crippen molar-refractivity contribution in [2.75, 3.05) is 26.1 Å². The molecule has 0 saturated carbocycles. The Balaban J connectivity index is 2.42. The van der Waals surface area contributed by atoms with Gasteiger partial charge >= 0.3 is 0 Å². The van der Waals surface area contributed by atoms with E-state index in [0.717, 1.165) is 0 Å². The number of nitrogens with two attached hydrogens (primary N) is 1. The molecule has 9 heteroatoms. The summed E-state index contributed by atoms with van der Waals surface area (Å²) in [5, 5.41) is 18.2. The molecule has 0 saturated heterocycles. The van der Waals surface area contributed by atoms with Crippen LogP contribution in [0.5, 0.6) is 6.01 Å². The number of ether oxygens (including phenoxy) is 1. The fourth-order valence-corrected chi connectivity index (χ4v) is 1.92. The molecule has 0 spiro atoms. The number of hydrogen-bond acceptors (Lipinski definition) is 7. The zero-order valence-corrected chi connectivity index (χ0v) is 11.0. The maximum Gasteiger partial charge on any atom is 0.298 e. The van der Waals surface area contributed by atoms with Crippen LogP contribution in [0.3, 0.4) is 0 Å². The van der Waals surface area contributed by atoms with Crippen molar-refractivity contribution in [1.29, 1.82) is 0 Å². The van der Waals surface area contributed by atoms with Crippen molar-refractivity contribution in [3.05, 3.63) is 10.4 Å². The number of rotatable bonds is 6. The van der Waals surface area contributed by atoms with E-state index in [2.05, 4.69) is 15.0 Å². The number of anilines is 1. The number of aliphatic hydroxyl groups excluding tert-OH is 2. The number of nitrogens with zero attached hydrogens (tertiary/aromatic N) is 3. The predicted molar refractivity (Wildman–Crippen MR) is 71.4 cm³/mol. The Morgan fingerprint density at radius 2 is 2.10 bits per heavy atom. The molecule has 2 rings (SSSR count). The van der Waals surface area contributed by atoms with Gasteiger partial charge in [-0.3, -0.25) is 14.3 Å². The maximum absolute atomic E-state index is 11.7. The molecule has 2 aromatic heterocycles. The lowest BCUT2D eigenvalue weighted by atomic mass is 10.1. The molecule has 0 radical (unpaired) electrons. The molecule has 2 heterocycles. The number of H-pyrrole nitrogens is 1. The van der Waals surface area contributed by atoms with Crippen LogP contribution in [0.15, 0.2) is 4.79 Å². The van der Waals surface area contributed by atoms with E-state index in [-0.39, 0.29) is 36.6 Å². The van der Waals surface area contributed by atoms with Gasteiger partial charge in [0.2, 0.25) is 5.95 Å². The Bertz CT molecular complexity index is 646. The minimum absolute atomic E-state index is 0.00725. The van der Waals surface area contributed by atoms with E-state index in [9.17, 15) is 4.79 Å². The van der Waals surface area contributed by atoms with Crippen molar-refractivity contribution in [1.82, 2.24) is 19.5 Å². The van der Waals surface area contributed by atoms with E-state index in [1.54, 1.807) is 4.57 Å². The van der Waals surface area contributed by atoms with E-state index >= 15 is 0 Å². The van der Waals surface area contributed by atoms with Crippen molar-refractivity contribution in [3.8, 4) is 6.01 Å². The number of nitrogens with one attached hydrogen (secondary N) is 1. The van der Waals surface area contributed by atoms with Crippen molar-refractivity contribution in [2.45, 2.75) is 13.0 Å². The fraction of sp³-hybridized carbons (Fsp3) is 0.545. The molecular formula is C11H17N5O4. The highest BCUT2D eigenvalue weighted by molar-refractivity contribution is 5.72. The number of methoxy groups -OCH3 is 1. The zero-order valence-electron chi connectivity index (χ0n) is 11.0. The Hall–Kier alpha value is -2.13. The number of fused-ring (bicyclic) bond motifs is 1. The van der Waals surface area contributed by atoms with Gasteiger partial charge in [0.15, 0.2) is 11.2 Å². The summed E-state index contributed by atoms with van der Waals surface area (Å²) in [5.74, 6) is -0.260. The standard InChI is InChI=1S/C11H17N5O4/c1-20-11-13-7-8(14-10(12)15-9(7)19)16(11)3-2-6(4-17)5-18/h6,17-18H,2-5H2,1H3,(H3,12,14,15,19)/i1-1. The molecule has 9 nitrogen and oxygen atoms in total. The second-order valence-electron chi connectivity index (χ2n) is 4.39. The van der Waals surface area contributed by atoms with E-state index in [0.29, 0.717) is 18.6 Å². The molecule has 20 heavy (non-hydrogen) atoms. The second-order valence-corrected chi connectivity index (χ2v) is 4.39. The van der Waals surface area contributed by atoms with Crippen LogP contribution in [0.25, 0.3) is 11.2 Å². The van der Waals surface area contributed by atoms with Crippen molar-refractivity contribution >= 4 is 17.1 Å². The lowest BCUT2D eigenvalue weighted by molar-refractivity contribution is 0.139. The van der Waals surface area contributed by atoms with Crippen LogP contribution in [0.4, 0.5) is 5.95 Å². The van der Waals surface area contributed by atoms with Gasteiger partial charge < -0.3 is 20.7 Å². The summed E-state index contributed by atoms with van der Waals surface area (Å²) in [6, 6.07) is 0.234. The summed E-state index contributed by atoms with van der Waals surface area (Å²) in [6.07, 6.45) is 0.489. The second kappa shape index (κ2) is 5.88. The summed E-state index contributed by atoms with van der Waals surface area (Å²) < 4.78 is 6.71. The largest absolute Gasteiger partial charge is 0.468 e. The molecule has 0 aliphatic heterocycles. The fourth-order valence-electron chi connectivity index (χ4n) is 1.92. The van der Waals surface area contributed by atoms with E-state index < -0.39 is 5.56 Å². The van der Waals surface area contributed by atoms with Crippen LogP contribution in [0, 0.1) is 5.92 Å². The maximum atomic E-state index is 11.7. The van der Waals surface area contributed by atoms with Crippen LogP contribution < -0.4 is 16.0 Å². The van der Waals surface area contributed by atoms with Crippen LogP contribution in [0.2, 0.25) is 0 Å². The van der Waals surface area contributed by atoms with Gasteiger partial charge in [-0.2, -0.15) is 9.97 Å². The zero-order chi connectivity index (χ0) is 14.7. The average Bonchev–Trinajstić information content (AvgIpc) is 2.78. The van der Waals surface area contributed by atoms with Gasteiger partial charge in [0.1, 0.15) is 0 Å². The number of aromatic amines is 1. The lowest BCUT2D eigenvalue weighted by Crippen LogP contribution is -2.16. The molecule has 0 aromatic carbocycles. The third-order valence-electron chi connectivity index (χ3n) is 3.05. The summed E-state index contributed by atoms with van der Waals surface area (Å²) in [6.45, 7) is 0.143. The average molecular weight is 282 g/mol. The third kappa shape index (κ3) is 2.58. The van der Waals surface area contributed by atoms with Gasteiger partial charge in [-0.1, -0.05) is 0 Å². The molecule has 0 aliphatic rings. The van der Waals surface area contributed by atoms with Crippen LogP contribution in [-0.2, 0) is 6.54 Å². The van der Waals surface area contributed by atoms with Gasteiger partial charge in [-0.15, -0.1) is 0 Å². The molecule has 0 aliphatic carbocycles. The number of imidazole rings is 1. The van der Waals surface area contributed by atoms with E-state index in [4.69, 9.17) is 20.7 Å². The first kappa shape index (κ1) is 14.3. The summed E-state index contributed by atoms with van der Waals surface area (Å²) in [4.78, 5) is 22.2. The molecule has 2 aromatic rings. The number of aliphatic hydroxyl groups is 2. The molecular weight excluding hydrogens is 265 g/mol. The first-order chi connectivity index (χ1) is 9.60. The summed E-state index contributed by atoms with van der Waals surface area (Å²) >= 11 is 0. The van der Waals surface area contributed by atoms with Gasteiger partial charge in [0, 0.05) is 25.7 Å². The minimum Gasteiger partial charge on any atom is -0.468 e. The van der Waals surface area contributed by atoms with Crippen LogP contribution in [-0.4, -0.2) is 50.1 Å². The highest BCUT2D eigenvalue weighted by atomic mass is 16.4. The van der Waals surface area contributed by atoms with Crippen molar-refractivity contribution in [2.24, 2.45) is 5.92 Å². The van der Waals surface area contributed by atoms with Crippen LogP contribution in [0.1, 0.15) is 6.42 Å². The number of nitrogen functional groups attached to an aromatic ring is 1. The molecule has 0 fully saturated rings. The monoisotopic (exact) mass is 282 g/mol. The van der Waals surface area contributed by atoms with Gasteiger partial charge in [0.25, 0.3) is 11.6 Å². The molecule has 5 N–H and O–H groups in total. The lowest BCUT2D eigenvalue weighted by Gasteiger charge is -2.12. The SMILES string of the molecule is [11CH3]Oc1nc2c(=O)[nH]c(N)nc2n1CCC(CO)CO. The number of aromatic nitrogens is 4. The Labute approximate surface area is 114 Å². The van der Waals surface area contributed by atoms with Gasteiger partial charge in [-0.05, 0) is 6.42 Å². The number of aryl methyl sites for hydroxylation is 1. The third-order valence-corrected chi connectivity index (χ3v) is 3.05. The molecule has 0 atom stereocenters. The van der Waals surface area contributed by atoms with Gasteiger partial charge in [0.05, 0.1) is 7.11 Å². The normalized spacial score (nSPS) is 11.4. The Morgan fingerprint density at radius 3 is 2.70 bits per heavy atom. The highest BCUT2D eigenvalue weighted by Gasteiger charge is 2.17. The summed E-state index contributed by atoms with van der Waals surface area (Å²) in [7, 11) is 1.44. The highest BCUT2D eigenvalue weighted by Crippen LogP contribution is 2.19. The first-order valence-electron chi connectivity index (χ1n) is 6.12. The Kier molecular flexibility index (Phi) is 4.20. The van der Waals surface area contributed by atoms with Crippen molar-refractivity contribution in [3.63, 3.8) is 0 Å². The molecule has 110 valence electrons. The topological polar surface area (TPSA) is 139 Å². The predicted octanol–water partition coefficient (Wildman–Crippen LogP) is -1.30. The first-order valence-corrected chi connectivity index (χ1v) is 6.12. The molecule has 0 bridgehead atoms. The Morgan fingerprint density at radius 1 is 1.40 bits per heavy atom. The smallest absolute Gasteiger partial charge is 0.298 e. The molecule has 0 unspecified atom stereocenters. The summed E-state index contributed by atoms with van der Waals surface area (Å²) in [5.41, 5.74) is 5.54. The quantitative estimate of drug-likeness (QED) is 0.516. The van der Waals surface area contributed by atoms with E-state index in [1.165, 1.54) is 7.11 Å². The van der Waals surface area contributed by atoms with Crippen molar-refractivity contribution < 1.29 is 14.9 Å². The van der Waals surface area contributed by atoms with Gasteiger partial charge in [-0.25, -0.2) is 0 Å². The van der Waals surface area contributed by atoms with E-state index in [1.807, 2.05) is 0 Å². The minimum atomic E-state index is -0.439. The number of hydrogen-bond donors (Lipinski definition) is 4. The molecule has 0 amide bonds.